The molecule has 0 amide bonds. The number of piperazine rings is 1. The van der Waals surface area contributed by atoms with Gasteiger partial charge in [-0.3, -0.25) is 4.90 Å². The molecule has 21 heavy (non-hydrogen) atoms. The predicted molar refractivity (Wildman–Crippen MR) is 94.8 cm³/mol. The number of aliphatic hydroxyl groups excluding tert-OH is 1. The van der Waals surface area contributed by atoms with E-state index in [1.54, 1.807) is 7.11 Å². The first-order valence-corrected chi connectivity index (χ1v) is 7.95. The van der Waals surface area contributed by atoms with Crippen molar-refractivity contribution in [2.45, 2.75) is 26.3 Å². The van der Waals surface area contributed by atoms with Crippen molar-refractivity contribution in [2.75, 3.05) is 46.4 Å². The number of methoxy groups -OCH3 is 1. The van der Waals surface area contributed by atoms with Gasteiger partial charge < -0.3 is 25.8 Å². The SMILES string of the molecule is COC(=S)NCCCN1CCN(C(C)C)CC1.NC(O)=S. The molecule has 8 heteroatoms. The minimum absolute atomic E-state index is 0.495. The molecule has 1 rings (SSSR count). The summed E-state index contributed by atoms with van der Waals surface area (Å²) >= 11 is 8.79. The molecule has 1 aliphatic rings. The molecule has 1 heterocycles. The van der Waals surface area contributed by atoms with Crippen molar-refractivity contribution < 1.29 is 9.84 Å². The van der Waals surface area contributed by atoms with Gasteiger partial charge in [0.05, 0.1) is 7.11 Å². The zero-order chi connectivity index (χ0) is 16.3. The number of thiocarbonyl (C=S) groups is 2. The zero-order valence-corrected chi connectivity index (χ0v) is 14.8. The second-order valence-corrected chi connectivity index (χ2v) is 5.87. The Hall–Kier alpha value is -0.700. The van der Waals surface area contributed by atoms with Gasteiger partial charge in [-0.05, 0) is 51.2 Å². The summed E-state index contributed by atoms with van der Waals surface area (Å²) in [5, 5.41) is 10.6. The van der Waals surface area contributed by atoms with E-state index in [4.69, 9.17) is 22.1 Å². The van der Waals surface area contributed by atoms with Crippen molar-refractivity contribution in [3.63, 3.8) is 0 Å². The molecule has 0 aromatic rings. The average molecular weight is 337 g/mol. The highest BCUT2D eigenvalue weighted by atomic mass is 32.1. The summed E-state index contributed by atoms with van der Waals surface area (Å²) in [6.07, 6.45) is 1.12. The van der Waals surface area contributed by atoms with Crippen LogP contribution in [0.3, 0.4) is 0 Å². The third kappa shape index (κ3) is 11.6. The van der Waals surface area contributed by atoms with Gasteiger partial charge in [0.15, 0.2) is 0 Å². The smallest absolute Gasteiger partial charge is 0.256 e. The molecular weight excluding hydrogens is 308 g/mol. The van der Waals surface area contributed by atoms with Crippen LogP contribution in [0, 0.1) is 0 Å². The fourth-order valence-corrected chi connectivity index (χ4v) is 2.17. The van der Waals surface area contributed by atoms with Crippen molar-refractivity contribution >= 4 is 34.8 Å². The number of aliphatic hydroxyl groups is 1. The zero-order valence-electron chi connectivity index (χ0n) is 13.2. The first-order chi connectivity index (χ1) is 9.86. The van der Waals surface area contributed by atoms with E-state index in [-0.39, 0.29) is 0 Å². The van der Waals surface area contributed by atoms with E-state index in [1.165, 1.54) is 26.2 Å². The number of ether oxygens (including phenoxy) is 1. The molecule has 0 aromatic carbocycles. The number of nitrogens with two attached hydrogens (primary N) is 1. The first kappa shape index (κ1) is 20.3. The van der Waals surface area contributed by atoms with E-state index < -0.39 is 5.17 Å². The van der Waals surface area contributed by atoms with Crippen LogP contribution in [-0.2, 0) is 4.74 Å². The molecule has 0 bridgehead atoms. The molecular formula is C13H28N4O2S2. The van der Waals surface area contributed by atoms with E-state index in [9.17, 15) is 0 Å². The van der Waals surface area contributed by atoms with Crippen molar-refractivity contribution in [2.24, 2.45) is 5.73 Å². The minimum Gasteiger partial charge on any atom is -0.487 e. The summed E-state index contributed by atoms with van der Waals surface area (Å²) < 4.78 is 4.88. The fraction of sp³-hybridized carbons (Fsp3) is 0.846. The molecule has 0 spiro atoms. The molecule has 0 atom stereocenters. The predicted octanol–water partition coefficient (Wildman–Crippen LogP) is 0.711. The van der Waals surface area contributed by atoms with Crippen LogP contribution >= 0.6 is 24.4 Å². The second kappa shape index (κ2) is 11.9. The number of nitrogens with zero attached hydrogens (tertiary/aromatic N) is 2. The highest BCUT2D eigenvalue weighted by Crippen LogP contribution is 2.05. The van der Waals surface area contributed by atoms with Gasteiger partial charge in [-0.2, -0.15) is 0 Å². The quantitative estimate of drug-likeness (QED) is 0.501. The topological polar surface area (TPSA) is 74.0 Å². The molecule has 4 N–H and O–H groups in total. The lowest BCUT2D eigenvalue weighted by Crippen LogP contribution is -2.49. The van der Waals surface area contributed by atoms with Crippen molar-refractivity contribution in [1.82, 2.24) is 15.1 Å². The van der Waals surface area contributed by atoms with Crippen LogP contribution in [-0.4, -0.2) is 77.7 Å². The molecule has 0 aromatic heterocycles. The van der Waals surface area contributed by atoms with Crippen LogP contribution in [0.25, 0.3) is 0 Å². The molecule has 0 aliphatic carbocycles. The Morgan fingerprint density at radius 3 is 2.24 bits per heavy atom. The molecule has 1 aliphatic heterocycles. The third-order valence-corrected chi connectivity index (χ3v) is 3.55. The largest absolute Gasteiger partial charge is 0.487 e. The summed E-state index contributed by atoms with van der Waals surface area (Å²) in [6, 6.07) is 0.679. The summed E-state index contributed by atoms with van der Waals surface area (Å²) in [5.41, 5.74) is 4.40. The normalized spacial score (nSPS) is 16.0. The van der Waals surface area contributed by atoms with Gasteiger partial charge in [0.2, 0.25) is 0 Å². The standard InChI is InChI=1S/C12H25N3OS.CH3NOS/c1-11(2)15-9-7-14(8-10-15)6-4-5-13-12(17)16-3;2-1(3)4/h11H,4-10H2,1-3H3,(H,13,17);(H3,2,3,4). The summed E-state index contributed by atoms with van der Waals surface area (Å²) in [4.78, 5) is 5.06. The highest BCUT2D eigenvalue weighted by molar-refractivity contribution is 7.80. The molecule has 1 fully saturated rings. The van der Waals surface area contributed by atoms with Gasteiger partial charge in [0.25, 0.3) is 10.3 Å². The van der Waals surface area contributed by atoms with Crippen LogP contribution in [0.5, 0.6) is 0 Å². The molecule has 6 nitrogen and oxygen atoms in total. The molecule has 0 radical (unpaired) electrons. The lowest BCUT2D eigenvalue weighted by Gasteiger charge is -2.36. The lowest BCUT2D eigenvalue weighted by atomic mass is 10.2. The van der Waals surface area contributed by atoms with E-state index in [0.29, 0.717) is 11.2 Å². The van der Waals surface area contributed by atoms with Crippen molar-refractivity contribution in [1.29, 1.82) is 0 Å². The Balaban J connectivity index is 0.000000885. The Labute approximate surface area is 138 Å². The van der Waals surface area contributed by atoms with E-state index >= 15 is 0 Å². The highest BCUT2D eigenvalue weighted by Gasteiger charge is 2.17. The Morgan fingerprint density at radius 2 is 1.81 bits per heavy atom. The monoisotopic (exact) mass is 336 g/mol. The maximum absolute atomic E-state index is 7.56. The summed E-state index contributed by atoms with van der Waals surface area (Å²) in [7, 11) is 1.60. The summed E-state index contributed by atoms with van der Waals surface area (Å²) in [6.45, 7) is 11.3. The first-order valence-electron chi connectivity index (χ1n) is 7.13. The fourth-order valence-electron chi connectivity index (χ4n) is 2.07. The van der Waals surface area contributed by atoms with Gasteiger partial charge in [-0.1, -0.05) is 0 Å². The van der Waals surface area contributed by atoms with E-state index in [0.717, 1.165) is 19.5 Å². The molecule has 0 unspecified atom stereocenters. The van der Waals surface area contributed by atoms with Crippen LogP contribution in [0.2, 0.25) is 0 Å². The number of nitrogens with one attached hydrogen (secondary N) is 1. The molecule has 1 saturated heterocycles. The minimum atomic E-state index is -0.500. The van der Waals surface area contributed by atoms with Crippen LogP contribution in [0.15, 0.2) is 0 Å². The number of rotatable bonds is 5. The average Bonchev–Trinajstić information content (AvgIpc) is 2.43. The molecule has 124 valence electrons. The maximum atomic E-state index is 7.56. The van der Waals surface area contributed by atoms with Gasteiger partial charge in [0.1, 0.15) is 0 Å². The third-order valence-electron chi connectivity index (χ3n) is 3.24. The van der Waals surface area contributed by atoms with Crippen LogP contribution in [0.4, 0.5) is 0 Å². The van der Waals surface area contributed by atoms with Gasteiger partial charge in [0, 0.05) is 38.8 Å². The van der Waals surface area contributed by atoms with Gasteiger partial charge >= 0.3 is 0 Å². The Bertz CT molecular complexity index is 305. The van der Waals surface area contributed by atoms with Gasteiger partial charge in [-0.25, -0.2) is 0 Å². The van der Waals surface area contributed by atoms with Gasteiger partial charge in [-0.15, -0.1) is 0 Å². The maximum Gasteiger partial charge on any atom is 0.256 e. The lowest BCUT2D eigenvalue weighted by molar-refractivity contribution is 0.108. The van der Waals surface area contributed by atoms with E-state index in [2.05, 4.69) is 46.9 Å². The second-order valence-electron chi connectivity index (χ2n) is 5.08. The Morgan fingerprint density at radius 1 is 1.29 bits per heavy atom. The summed E-state index contributed by atoms with van der Waals surface area (Å²) in [5.74, 6) is 0. The number of hydrogen-bond donors (Lipinski definition) is 3. The van der Waals surface area contributed by atoms with Crippen LogP contribution in [0.1, 0.15) is 20.3 Å². The van der Waals surface area contributed by atoms with Crippen molar-refractivity contribution in [3.05, 3.63) is 0 Å². The molecule has 0 saturated carbocycles. The Kier molecular flexibility index (Phi) is 11.5. The van der Waals surface area contributed by atoms with E-state index in [1.807, 2.05) is 0 Å². The van der Waals surface area contributed by atoms with Crippen molar-refractivity contribution in [3.8, 4) is 0 Å². The van der Waals surface area contributed by atoms with Crippen LogP contribution < -0.4 is 11.1 Å². The number of hydrogen-bond acceptors (Lipinski definition) is 5.